The van der Waals surface area contributed by atoms with Gasteiger partial charge in [-0.3, -0.25) is 9.89 Å². The highest BCUT2D eigenvalue weighted by molar-refractivity contribution is 5.79. The number of aliphatic imine (C=N–C) groups is 1. The highest BCUT2D eigenvalue weighted by Gasteiger charge is 2.25. The Labute approximate surface area is 168 Å². The van der Waals surface area contributed by atoms with Gasteiger partial charge in [0.2, 0.25) is 0 Å². The molecule has 7 heteroatoms. The van der Waals surface area contributed by atoms with E-state index in [1.54, 1.807) is 26.3 Å². The van der Waals surface area contributed by atoms with Gasteiger partial charge in [0.15, 0.2) is 5.96 Å². The van der Waals surface area contributed by atoms with Gasteiger partial charge in [-0.25, -0.2) is 4.39 Å². The minimum Gasteiger partial charge on any atom is -0.379 e. The van der Waals surface area contributed by atoms with Crippen molar-refractivity contribution in [3.8, 4) is 0 Å². The van der Waals surface area contributed by atoms with Gasteiger partial charge in [-0.1, -0.05) is 32.9 Å². The highest BCUT2D eigenvalue weighted by Crippen LogP contribution is 2.22. The first-order valence-electron chi connectivity index (χ1n) is 9.89. The lowest BCUT2D eigenvalue weighted by molar-refractivity contribution is 0.0165. The number of ether oxygens (including phenoxy) is 2. The molecule has 0 aromatic heterocycles. The molecule has 1 aromatic rings. The van der Waals surface area contributed by atoms with E-state index in [4.69, 9.17) is 9.47 Å². The van der Waals surface area contributed by atoms with Gasteiger partial charge < -0.3 is 20.1 Å². The molecule has 1 heterocycles. The molecular formula is C21H35FN4O2. The molecule has 6 nitrogen and oxygen atoms in total. The average molecular weight is 395 g/mol. The molecule has 0 bridgehead atoms. The predicted octanol–water partition coefficient (Wildman–Crippen LogP) is 2.43. The summed E-state index contributed by atoms with van der Waals surface area (Å²) >= 11 is 0. The molecule has 0 radical (unpaired) electrons. The van der Waals surface area contributed by atoms with Gasteiger partial charge in [0.25, 0.3) is 0 Å². The second-order valence-electron chi connectivity index (χ2n) is 8.14. The number of methoxy groups -OCH3 is 1. The van der Waals surface area contributed by atoms with Gasteiger partial charge >= 0.3 is 0 Å². The van der Waals surface area contributed by atoms with Gasteiger partial charge in [0.1, 0.15) is 5.82 Å². The van der Waals surface area contributed by atoms with E-state index in [1.165, 1.54) is 6.07 Å². The fourth-order valence-corrected chi connectivity index (χ4v) is 3.41. The number of halogens is 1. The maximum Gasteiger partial charge on any atom is 0.191 e. The number of hydrogen-bond acceptors (Lipinski definition) is 4. The van der Waals surface area contributed by atoms with E-state index in [-0.39, 0.29) is 23.4 Å². The molecule has 2 rings (SSSR count). The number of guanidine groups is 1. The van der Waals surface area contributed by atoms with Gasteiger partial charge in [0, 0.05) is 40.3 Å². The number of nitrogens with zero attached hydrogens (tertiary/aromatic N) is 2. The number of hydrogen-bond donors (Lipinski definition) is 2. The first-order valence-corrected chi connectivity index (χ1v) is 9.89. The molecule has 1 fully saturated rings. The van der Waals surface area contributed by atoms with Crippen LogP contribution >= 0.6 is 0 Å². The average Bonchev–Trinajstić information content (AvgIpc) is 2.67. The molecule has 158 valence electrons. The normalized spacial score (nSPS) is 18.6. The smallest absolute Gasteiger partial charge is 0.191 e. The van der Waals surface area contributed by atoms with Crippen LogP contribution in [0.3, 0.4) is 0 Å². The first-order chi connectivity index (χ1) is 13.3. The third kappa shape index (κ3) is 6.72. The zero-order chi connectivity index (χ0) is 20.6. The standard InChI is InChI=1S/C21H35FN4O2/c1-21(2,3)19(27-5)15-25-20(23-4)24-14-18(26-9-11-28-12-10-26)16-7-6-8-17(22)13-16/h6-8,13,18-19H,9-12,14-15H2,1-5H3,(H2,23,24,25). The molecule has 1 saturated heterocycles. The molecule has 0 spiro atoms. The Balaban J connectivity index is 2.02. The van der Waals surface area contributed by atoms with Crippen LogP contribution in [0.1, 0.15) is 32.4 Å². The van der Waals surface area contributed by atoms with Crippen LogP contribution in [0.25, 0.3) is 0 Å². The summed E-state index contributed by atoms with van der Waals surface area (Å²) < 4.78 is 24.9. The lowest BCUT2D eigenvalue weighted by Crippen LogP contribution is -2.48. The van der Waals surface area contributed by atoms with Crippen molar-refractivity contribution in [1.29, 1.82) is 0 Å². The summed E-state index contributed by atoms with van der Waals surface area (Å²) in [6.07, 6.45) is 0.0595. The highest BCUT2D eigenvalue weighted by atomic mass is 19.1. The van der Waals surface area contributed by atoms with Gasteiger partial charge in [-0.05, 0) is 23.1 Å². The van der Waals surface area contributed by atoms with Gasteiger partial charge in [-0.2, -0.15) is 0 Å². The zero-order valence-electron chi connectivity index (χ0n) is 17.8. The molecule has 1 aliphatic heterocycles. The van der Waals surface area contributed by atoms with E-state index in [2.05, 4.69) is 41.3 Å². The number of nitrogens with one attached hydrogen (secondary N) is 2. The number of benzene rings is 1. The van der Waals surface area contributed by atoms with E-state index in [0.717, 1.165) is 18.7 Å². The monoisotopic (exact) mass is 394 g/mol. The van der Waals surface area contributed by atoms with Crippen LogP contribution in [-0.2, 0) is 9.47 Å². The Bertz CT molecular complexity index is 627. The minimum absolute atomic E-state index is 0.0263. The Kier molecular flexibility index (Phi) is 8.66. The van der Waals surface area contributed by atoms with E-state index in [9.17, 15) is 4.39 Å². The van der Waals surface area contributed by atoms with Crippen molar-refractivity contribution < 1.29 is 13.9 Å². The molecule has 2 N–H and O–H groups in total. The quantitative estimate of drug-likeness (QED) is 0.550. The maximum atomic E-state index is 13.8. The van der Waals surface area contributed by atoms with Crippen LogP contribution < -0.4 is 10.6 Å². The Morgan fingerprint density at radius 3 is 2.50 bits per heavy atom. The summed E-state index contributed by atoms with van der Waals surface area (Å²) in [4.78, 5) is 6.65. The Hall–Kier alpha value is -1.70. The molecular weight excluding hydrogens is 359 g/mol. The molecule has 28 heavy (non-hydrogen) atoms. The fraction of sp³-hybridized carbons (Fsp3) is 0.667. The van der Waals surface area contributed by atoms with Crippen molar-refractivity contribution in [1.82, 2.24) is 15.5 Å². The molecule has 1 aliphatic rings. The third-order valence-electron chi connectivity index (χ3n) is 5.11. The van der Waals surface area contributed by atoms with Crippen LogP contribution in [0, 0.1) is 11.2 Å². The summed E-state index contributed by atoms with van der Waals surface area (Å²) in [5, 5.41) is 6.74. The lowest BCUT2D eigenvalue weighted by atomic mass is 9.89. The third-order valence-corrected chi connectivity index (χ3v) is 5.11. The molecule has 2 atom stereocenters. The van der Waals surface area contributed by atoms with Crippen molar-refractivity contribution in [3.05, 3.63) is 35.6 Å². The summed E-state index contributed by atoms with van der Waals surface area (Å²) in [5.41, 5.74) is 0.979. The van der Waals surface area contributed by atoms with Gasteiger partial charge in [0.05, 0.1) is 25.4 Å². The van der Waals surface area contributed by atoms with E-state index in [0.29, 0.717) is 32.3 Å². The van der Waals surface area contributed by atoms with Crippen LogP contribution in [0.4, 0.5) is 4.39 Å². The second kappa shape index (κ2) is 10.7. The van der Waals surface area contributed by atoms with Crippen LogP contribution in [0.15, 0.2) is 29.3 Å². The topological polar surface area (TPSA) is 58.1 Å². The van der Waals surface area contributed by atoms with Crippen molar-refractivity contribution in [2.75, 3.05) is 53.6 Å². The lowest BCUT2D eigenvalue weighted by Gasteiger charge is -2.35. The second-order valence-corrected chi connectivity index (χ2v) is 8.14. The largest absolute Gasteiger partial charge is 0.379 e. The predicted molar refractivity (Wildman–Crippen MR) is 111 cm³/mol. The first kappa shape index (κ1) is 22.6. The molecule has 0 amide bonds. The molecule has 0 aliphatic carbocycles. The summed E-state index contributed by atoms with van der Waals surface area (Å²) in [6, 6.07) is 6.86. The molecule has 0 saturated carbocycles. The Morgan fingerprint density at radius 1 is 1.25 bits per heavy atom. The van der Waals surface area contributed by atoms with E-state index in [1.807, 2.05) is 6.07 Å². The van der Waals surface area contributed by atoms with E-state index >= 15 is 0 Å². The summed E-state index contributed by atoms with van der Waals surface area (Å²) in [7, 11) is 3.48. The SMILES string of the molecule is CN=C(NCC(c1cccc(F)c1)N1CCOCC1)NCC(OC)C(C)(C)C. The molecule has 1 aromatic carbocycles. The summed E-state index contributed by atoms with van der Waals surface area (Å²) in [6.45, 7) is 10.8. The number of morpholine rings is 1. The number of rotatable bonds is 7. The maximum absolute atomic E-state index is 13.8. The van der Waals surface area contributed by atoms with Crippen LogP contribution in [0.5, 0.6) is 0 Å². The fourth-order valence-electron chi connectivity index (χ4n) is 3.41. The minimum atomic E-state index is -0.216. The van der Waals surface area contributed by atoms with Crippen molar-refractivity contribution in [2.24, 2.45) is 10.4 Å². The van der Waals surface area contributed by atoms with Crippen molar-refractivity contribution >= 4 is 5.96 Å². The van der Waals surface area contributed by atoms with E-state index < -0.39 is 0 Å². The Morgan fingerprint density at radius 2 is 1.93 bits per heavy atom. The zero-order valence-corrected chi connectivity index (χ0v) is 17.8. The van der Waals surface area contributed by atoms with Gasteiger partial charge in [-0.15, -0.1) is 0 Å². The van der Waals surface area contributed by atoms with Crippen molar-refractivity contribution in [3.63, 3.8) is 0 Å². The summed E-state index contributed by atoms with van der Waals surface area (Å²) in [5.74, 6) is 0.493. The van der Waals surface area contributed by atoms with Crippen LogP contribution in [0.2, 0.25) is 0 Å². The van der Waals surface area contributed by atoms with Crippen molar-refractivity contribution in [2.45, 2.75) is 32.9 Å². The molecule has 2 unspecified atom stereocenters. The van der Waals surface area contributed by atoms with Crippen LogP contribution in [-0.4, -0.2) is 70.5 Å².